The lowest BCUT2D eigenvalue weighted by atomic mass is 10.2. The molecule has 1 saturated heterocycles. The monoisotopic (exact) mass is 146 g/mol. The van der Waals surface area contributed by atoms with Crippen molar-refractivity contribution in [2.45, 2.75) is 25.3 Å². The highest BCUT2D eigenvalue weighted by molar-refractivity contribution is 4.95. The van der Waals surface area contributed by atoms with E-state index in [-0.39, 0.29) is 13.0 Å². The molecule has 0 aromatic rings. The van der Waals surface area contributed by atoms with E-state index in [9.17, 15) is 8.78 Å². The summed E-state index contributed by atoms with van der Waals surface area (Å²) in [4.78, 5) is 1.11. The number of rotatable bonds is 0. The van der Waals surface area contributed by atoms with E-state index in [2.05, 4.69) is 0 Å². The molecule has 0 N–H and O–H groups in total. The third-order valence-corrected chi connectivity index (χ3v) is 1.89. The van der Waals surface area contributed by atoms with Gasteiger partial charge >= 0.3 is 0 Å². The first-order valence-corrected chi connectivity index (χ1v) is 3.12. The lowest BCUT2D eigenvalue weighted by molar-refractivity contribution is -0.0182. The molecule has 56 valence electrons. The molecule has 1 rings (SSSR count). The Morgan fingerprint density at radius 3 is 2.50 bits per heavy atom. The molecule has 0 amide bonds. The number of hydrogen-bond acceptors (Lipinski definition) is 2. The normalized spacial score (nSPS) is 30.2. The number of likely N-dealkylation sites (tertiary alicyclic amines) is 1. The van der Waals surface area contributed by atoms with Crippen molar-refractivity contribution in [1.29, 1.82) is 5.26 Å². The van der Waals surface area contributed by atoms with Crippen molar-refractivity contribution in [2.75, 3.05) is 6.54 Å². The Kier molecular flexibility index (Phi) is 1.51. The van der Waals surface area contributed by atoms with Crippen LogP contribution in [0.2, 0.25) is 0 Å². The first kappa shape index (κ1) is 7.26. The van der Waals surface area contributed by atoms with Gasteiger partial charge in [0.1, 0.15) is 0 Å². The van der Waals surface area contributed by atoms with Gasteiger partial charge in [0, 0.05) is 13.0 Å². The Balaban J connectivity index is 2.69. The van der Waals surface area contributed by atoms with Gasteiger partial charge in [0.25, 0.3) is 5.92 Å². The van der Waals surface area contributed by atoms with Gasteiger partial charge in [-0.3, -0.25) is 0 Å². The van der Waals surface area contributed by atoms with Crippen LogP contribution in [0.25, 0.3) is 0 Å². The van der Waals surface area contributed by atoms with Gasteiger partial charge in [0.2, 0.25) is 0 Å². The van der Waals surface area contributed by atoms with Crippen LogP contribution in [-0.4, -0.2) is 23.4 Å². The number of alkyl halides is 2. The van der Waals surface area contributed by atoms with Crippen LogP contribution >= 0.6 is 0 Å². The minimum absolute atomic E-state index is 0.185. The average molecular weight is 146 g/mol. The maximum Gasteiger partial charge on any atom is 0.270 e. The molecule has 0 bridgehead atoms. The summed E-state index contributed by atoms with van der Waals surface area (Å²) in [7, 11) is 0. The first-order valence-electron chi connectivity index (χ1n) is 3.12. The Bertz CT molecular complexity index is 173. The van der Waals surface area contributed by atoms with E-state index in [0.717, 1.165) is 4.90 Å². The Labute approximate surface area is 58.0 Å². The SMILES string of the molecule is CC1N(C#N)CCC1(F)F. The number of halogens is 2. The van der Waals surface area contributed by atoms with Crippen LogP contribution in [0.3, 0.4) is 0 Å². The van der Waals surface area contributed by atoms with Gasteiger partial charge in [-0.25, -0.2) is 8.78 Å². The van der Waals surface area contributed by atoms with E-state index in [1.165, 1.54) is 6.92 Å². The first-order chi connectivity index (χ1) is 4.58. The molecule has 2 nitrogen and oxygen atoms in total. The maximum atomic E-state index is 12.6. The predicted molar refractivity (Wildman–Crippen MR) is 31.3 cm³/mol. The molecule has 1 heterocycles. The summed E-state index contributed by atoms with van der Waals surface area (Å²) in [5.41, 5.74) is 0. The van der Waals surface area contributed by atoms with Gasteiger partial charge in [-0.15, -0.1) is 0 Å². The van der Waals surface area contributed by atoms with Crippen molar-refractivity contribution in [3.63, 3.8) is 0 Å². The second-order valence-corrected chi connectivity index (χ2v) is 2.48. The zero-order chi connectivity index (χ0) is 7.78. The minimum atomic E-state index is -2.67. The van der Waals surface area contributed by atoms with Gasteiger partial charge < -0.3 is 4.90 Å². The molecular formula is C6H8F2N2. The van der Waals surface area contributed by atoms with Crippen molar-refractivity contribution in [1.82, 2.24) is 4.90 Å². The summed E-state index contributed by atoms with van der Waals surface area (Å²) in [6.45, 7) is 1.56. The fourth-order valence-corrected chi connectivity index (χ4v) is 1.04. The largest absolute Gasteiger partial charge is 0.302 e. The molecule has 1 aliphatic heterocycles. The van der Waals surface area contributed by atoms with Crippen LogP contribution in [0.4, 0.5) is 8.78 Å². The van der Waals surface area contributed by atoms with Crippen molar-refractivity contribution in [3.05, 3.63) is 0 Å². The molecule has 1 aliphatic rings. The minimum Gasteiger partial charge on any atom is -0.302 e. The Morgan fingerprint density at radius 2 is 2.30 bits per heavy atom. The molecule has 0 aliphatic carbocycles. The highest BCUT2D eigenvalue weighted by Gasteiger charge is 2.45. The van der Waals surface area contributed by atoms with Crippen LogP contribution in [-0.2, 0) is 0 Å². The zero-order valence-corrected chi connectivity index (χ0v) is 5.64. The Morgan fingerprint density at radius 1 is 1.70 bits per heavy atom. The molecule has 0 aromatic heterocycles. The van der Waals surface area contributed by atoms with Crippen LogP contribution < -0.4 is 0 Å². The third-order valence-electron chi connectivity index (χ3n) is 1.89. The second kappa shape index (κ2) is 2.08. The molecule has 0 saturated carbocycles. The molecule has 1 unspecified atom stereocenters. The summed E-state index contributed by atoms with van der Waals surface area (Å²) in [6, 6.07) is -0.919. The van der Waals surface area contributed by atoms with Gasteiger partial charge in [0.05, 0.1) is 6.04 Å². The molecule has 4 heteroatoms. The van der Waals surface area contributed by atoms with E-state index >= 15 is 0 Å². The molecule has 0 radical (unpaired) electrons. The van der Waals surface area contributed by atoms with Gasteiger partial charge in [0.15, 0.2) is 6.19 Å². The standard InChI is InChI=1S/C6H8F2N2/c1-5-6(7,8)2-3-10(5)4-9/h5H,2-3H2,1H3. The maximum absolute atomic E-state index is 12.6. The predicted octanol–water partition coefficient (Wildman–Crippen LogP) is 1.20. The van der Waals surface area contributed by atoms with Crippen molar-refractivity contribution >= 4 is 0 Å². The van der Waals surface area contributed by atoms with Crippen molar-refractivity contribution < 1.29 is 8.78 Å². The fourth-order valence-electron chi connectivity index (χ4n) is 1.04. The van der Waals surface area contributed by atoms with E-state index in [0.29, 0.717) is 0 Å². The van der Waals surface area contributed by atoms with Crippen LogP contribution in [0.1, 0.15) is 13.3 Å². The quantitative estimate of drug-likeness (QED) is 0.480. The lowest BCUT2D eigenvalue weighted by Crippen LogP contribution is -2.33. The van der Waals surface area contributed by atoms with Gasteiger partial charge in [-0.1, -0.05) is 0 Å². The van der Waals surface area contributed by atoms with E-state index in [1.807, 2.05) is 0 Å². The fraction of sp³-hybridized carbons (Fsp3) is 0.833. The Hall–Kier alpha value is -0.850. The van der Waals surface area contributed by atoms with Crippen LogP contribution in [0, 0.1) is 11.5 Å². The van der Waals surface area contributed by atoms with Crippen molar-refractivity contribution in [2.24, 2.45) is 0 Å². The van der Waals surface area contributed by atoms with Gasteiger partial charge in [-0.05, 0) is 6.92 Å². The highest BCUT2D eigenvalue weighted by atomic mass is 19.3. The van der Waals surface area contributed by atoms with Crippen LogP contribution in [0.15, 0.2) is 0 Å². The second-order valence-electron chi connectivity index (χ2n) is 2.48. The molecular weight excluding hydrogens is 138 g/mol. The summed E-state index contributed by atoms with van der Waals surface area (Å²) in [5.74, 6) is -2.67. The van der Waals surface area contributed by atoms with E-state index in [4.69, 9.17) is 5.26 Å². The van der Waals surface area contributed by atoms with Crippen LogP contribution in [0.5, 0.6) is 0 Å². The topological polar surface area (TPSA) is 27.0 Å². The molecule has 0 aromatic carbocycles. The molecule has 0 spiro atoms. The van der Waals surface area contributed by atoms with Gasteiger partial charge in [-0.2, -0.15) is 5.26 Å². The lowest BCUT2D eigenvalue weighted by Gasteiger charge is -2.17. The number of nitrogens with zero attached hydrogens (tertiary/aromatic N) is 2. The molecule has 1 fully saturated rings. The summed E-state index contributed by atoms with van der Waals surface area (Å²) >= 11 is 0. The van der Waals surface area contributed by atoms with E-state index < -0.39 is 12.0 Å². The zero-order valence-electron chi connectivity index (χ0n) is 5.64. The highest BCUT2D eigenvalue weighted by Crippen LogP contribution is 2.32. The smallest absolute Gasteiger partial charge is 0.270 e. The molecule has 1 atom stereocenters. The van der Waals surface area contributed by atoms with Crippen molar-refractivity contribution in [3.8, 4) is 6.19 Å². The number of hydrogen-bond donors (Lipinski definition) is 0. The third kappa shape index (κ3) is 0.919. The molecule has 10 heavy (non-hydrogen) atoms. The average Bonchev–Trinajstić information content (AvgIpc) is 2.10. The summed E-state index contributed by atoms with van der Waals surface area (Å²) in [6.07, 6.45) is 1.53. The van der Waals surface area contributed by atoms with E-state index in [1.54, 1.807) is 6.19 Å². The summed E-state index contributed by atoms with van der Waals surface area (Å²) in [5, 5.41) is 8.31. The number of nitriles is 1. The summed E-state index contributed by atoms with van der Waals surface area (Å²) < 4.78 is 25.2.